The molecule has 1 atom stereocenters. The minimum absolute atomic E-state index is 0.119. The number of carbonyl (C=O) groups excluding carboxylic acids is 1. The highest BCUT2D eigenvalue weighted by molar-refractivity contribution is 5.87. The van der Waals surface area contributed by atoms with Gasteiger partial charge in [0.05, 0.1) is 24.4 Å². The van der Waals surface area contributed by atoms with Gasteiger partial charge in [-0.05, 0) is 68.1 Å². The van der Waals surface area contributed by atoms with Crippen molar-refractivity contribution in [3.8, 4) is 23.0 Å². The molecule has 9 heteroatoms. The zero-order valence-corrected chi connectivity index (χ0v) is 21.1. The van der Waals surface area contributed by atoms with Crippen LogP contribution in [0.25, 0.3) is 39.2 Å². The molecule has 9 nitrogen and oxygen atoms in total. The molecule has 2 fully saturated rings. The largest absolute Gasteiger partial charge is 0.497 e. The van der Waals surface area contributed by atoms with Crippen molar-refractivity contribution in [3.63, 3.8) is 0 Å². The predicted molar refractivity (Wildman–Crippen MR) is 144 cm³/mol. The van der Waals surface area contributed by atoms with Crippen LogP contribution < -0.4 is 10.1 Å². The minimum atomic E-state index is 0.119. The second-order valence-corrected chi connectivity index (χ2v) is 10.1. The minimum Gasteiger partial charge on any atom is -0.497 e. The van der Waals surface area contributed by atoms with E-state index in [1.54, 1.807) is 19.6 Å². The summed E-state index contributed by atoms with van der Waals surface area (Å²) in [5.41, 5.74) is 3.50. The third kappa shape index (κ3) is 4.13. The van der Waals surface area contributed by atoms with Gasteiger partial charge < -0.3 is 19.4 Å². The topological polar surface area (TPSA) is 98.3 Å². The Morgan fingerprint density at radius 3 is 2.87 bits per heavy atom. The summed E-state index contributed by atoms with van der Waals surface area (Å²) in [6, 6.07) is 15.8. The average molecular weight is 509 g/mol. The van der Waals surface area contributed by atoms with E-state index in [-0.39, 0.29) is 12.0 Å². The Kier molecular flexibility index (Phi) is 5.49. The molecule has 1 aliphatic carbocycles. The smallest absolute Gasteiger partial charge is 0.225 e. The number of furan rings is 1. The van der Waals surface area contributed by atoms with Crippen molar-refractivity contribution in [1.82, 2.24) is 24.4 Å². The molecule has 4 heterocycles. The number of amides is 1. The summed E-state index contributed by atoms with van der Waals surface area (Å²) in [7, 11) is 1.65. The Balaban J connectivity index is 1.26. The number of ether oxygens (including phenoxy) is 1. The first kappa shape index (κ1) is 22.8. The molecule has 2 aliphatic rings. The van der Waals surface area contributed by atoms with E-state index in [1.807, 2.05) is 51.9 Å². The van der Waals surface area contributed by atoms with Crippen LogP contribution in [-0.4, -0.2) is 56.6 Å². The standard InChI is InChI=1S/C29H28N6O3/c1-37-22-7-8-24-23(16-22)32-27(20-6-9-25-19(15-20)11-14-38-25)35(24)26-10-12-30-29(33-26)31-21-3-2-13-34(17-21)28(36)18-4-5-18/h6-12,14-16,18,21H,2-5,13,17H2,1H3,(H,30,31,33). The number of rotatable bonds is 6. The molecule has 1 aliphatic heterocycles. The molecule has 0 bridgehead atoms. The fourth-order valence-electron chi connectivity index (χ4n) is 5.33. The lowest BCUT2D eigenvalue weighted by Crippen LogP contribution is -2.45. The van der Waals surface area contributed by atoms with Gasteiger partial charge in [-0.1, -0.05) is 0 Å². The van der Waals surface area contributed by atoms with Gasteiger partial charge in [0.25, 0.3) is 0 Å². The van der Waals surface area contributed by atoms with Gasteiger partial charge >= 0.3 is 0 Å². The van der Waals surface area contributed by atoms with E-state index in [0.29, 0.717) is 24.2 Å². The summed E-state index contributed by atoms with van der Waals surface area (Å²) in [6.07, 6.45) is 7.46. The molecule has 38 heavy (non-hydrogen) atoms. The summed E-state index contributed by atoms with van der Waals surface area (Å²) in [4.78, 5) is 29.0. The number of imidazole rings is 1. The monoisotopic (exact) mass is 508 g/mol. The molecule has 1 amide bonds. The van der Waals surface area contributed by atoms with Crippen molar-refractivity contribution in [2.75, 3.05) is 25.5 Å². The Labute approximate surface area is 219 Å². The van der Waals surface area contributed by atoms with E-state index in [2.05, 4.69) is 16.4 Å². The highest BCUT2D eigenvalue weighted by atomic mass is 16.5. The van der Waals surface area contributed by atoms with Crippen LogP contribution in [0.1, 0.15) is 25.7 Å². The molecule has 0 spiro atoms. The number of nitrogens with zero attached hydrogens (tertiary/aromatic N) is 5. The van der Waals surface area contributed by atoms with Crippen molar-refractivity contribution in [1.29, 1.82) is 0 Å². The third-order valence-corrected chi connectivity index (χ3v) is 7.44. The molecule has 192 valence electrons. The van der Waals surface area contributed by atoms with Crippen LogP contribution in [0.3, 0.4) is 0 Å². The number of aromatic nitrogens is 4. The summed E-state index contributed by atoms with van der Waals surface area (Å²) in [5.74, 6) is 3.29. The number of hydrogen-bond donors (Lipinski definition) is 1. The van der Waals surface area contributed by atoms with Crippen LogP contribution >= 0.6 is 0 Å². The second-order valence-electron chi connectivity index (χ2n) is 10.1. The average Bonchev–Trinajstić information content (AvgIpc) is 3.57. The number of anilines is 1. The quantitative estimate of drug-likeness (QED) is 0.343. The van der Waals surface area contributed by atoms with Crippen LogP contribution in [0.2, 0.25) is 0 Å². The van der Waals surface area contributed by atoms with Crippen molar-refractivity contribution < 1.29 is 13.9 Å². The summed E-state index contributed by atoms with van der Waals surface area (Å²) >= 11 is 0. The molecular weight excluding hydrogens is 480 g/mol. The van der Waals surface area contributed by atoms with Crippen LogP contribution in [0.4, 0.5) is 5.95 Å². The first-order valence-corrected chi connectivity index (χ1v) is 13.1. The fourth-order valence-corrected chi connectivity index (χ4v) is 5.33. The number of methoxy groups -OCH3 is 1. The maximum atomic E-state index is 12.6. The number of nitrogens with one attached hydrogen (secondary N) is 1. The zero-order valence-electron chi connectivity index (χ0n) is 21.1. The van der Waals surface area contributed by atoms with E-state index in [1.165, 1.54) is 0 Å². The van der Waals surface area contributed by atoms with Gasteiger partial charge in [-0.15, -0.1) is 0 Å². The Hall–Kier alpha value is -4.40. The summed E-state index contributed by atoms with van der Waals surface area (Å²) in [5, 5.41) is 4.50. The van der Waals surface area contributed by atoms with Crippen LogP contribution in [0.5, 0.6) is 5.75 Å². The molecule has 1 saturated heterocycles. The predicted octanol–water partition coefficient (Wildman–Crippen LogP) is 5.05. The number of fused-ring (bicyclic) bond motifs is 2. The van der Waals surface area contributed by atoms with Gasteiger partial charge in [0.15, 0.2) is 0 Å². The first-order valence-electron chi connectivity index (χ1n) is 13.1. The second kappa shape index (κ2) is 9.16. The maximum Gasteiger partial charge on any atom is 0.225 e. The van der Waals surface area contributed by atoms with Crippen molar-refractivity contribution in [3.05, 3.63) is 61.0 Å². The fraction of sp³-hybridized carbons (Fsp3) is 0.310. The molecule has 1 N–H and O–H groups in total. The van der Waals surface area contributed by atoms with E-state index in [9.17, 15) is 4.79 Å². The maximum absolute atomic E-state index is 12.6. The Morgan fingerprint density at radius 2 is 2.00 bits per heavy atom. The van der Waals surface area contributed by atoms with Gasteiger partial charge in [-0.3, -0.25) is 9.36 Å². The third-order valence-electron chi connectivity index (χ3n) is 7.44. The van der Waals surface area contributed by atoms with Crippen LogP contribution in [-0.2, 0) is 4.79 Å². The van der Waals surface area contributed by atoms with Gasteiger partial charge in [-0.25, -0.2) is 9.97 Å². The highest BCUT2D eigenvalue weighted by Gasteiger charge is 2.35. The number of carbonyl (C=O) groups is 1. The normalized spacial score (nSPS) is 17.7. The SMILES string of the molecule is COc1ccc2c(c1)nc(-c1ccc3occc3c1)n2-c1ccnc(NC2CCCN(C(=O)C3CC3)C2)n1. The summed E-state index contributed by atoms with van der Waals surface area (Å²) in [6.45, 7) is 1.52. The number of likely N-dealkylation sites (tertiary alicyclic amines) is 1. The van der Waals surface area contributed by atoms with E-state index >= 15 is 0 Å². The zero-order chi connectivity index (χ0) is 25.6. The first-order chi connectivity index (χ1) is 18.7. The molecule has 2 aromatic carbocycles. The molecule has 3 aromatic heterocycles. The van der Waals surface area contributed by atoms with Crippen molar-refractivity contribution in [2.24, 2.45) is 5.92 Å². The number of benzene rings is 2. The number of hydrogen-bond acceptors (Lipinski definition) is 7. The molecule has 0 radical (unpaired) electrons. The van der Waals surface area contributed by atoms with Crippen molar-refractivity contribution >= 4 is 33.9 Å². The molecular formula is C29H28N6O3. The molecule has 1 saturated carbocycles. The molecule has 1 unspecified atom stereocenters. The lowest BCUT2D eigenvalue weighted by atomic mass is 10.1. The highest BCUT2D eigenvalue weighted by Crippen LogP contribution is 2.33. The molecule has 7 rings (SSSR count). The van der Waals surface area contributed by atoms with E-state index in [4.69, 9.17) is 19.1 Å². The van der Waals surface area contributed by atoms with Crippen molar-refractivity contribution in [2.45, 2.75) is 31.7 Å². The lowest BCUT2D eigenvalue weighted by Gasteiger charge is -2.33. The molecule has 5 aromatic rings. The Bertz CT molecular complexity index is 1650. The van der Waals surface area contributed by atoms with Crippen LogP contribution in [0, 0.1) is 5.92 Å². The van der Waals surface area contributed by atoms with E-state index < -0.39 is 0 Å². The lowest BCUT2D eigenvalue weighted by molar-refractivity contribution is -0.133. The van der Waals surface area contributed by atoms with Crippen LogP contribution in [0.15, 0.2) is 65.4 Å². The number of piperidine rings is 1. The van der Waals surface area contributed by atoms with Gasteiger partial charge in [-0.2, -0.15) is 4.98 Å². The summed E-state index contributed by atoms with van der Waals surface area (Å²) < 4.78 is 13.0. The van der Waals surface area contributed by atoms with Gasteiger partial charge in [0.2, 0.25) is 11.9 Å². The Morgan fingerprint density at radius 1 is 1.08 bits per heavy atom. The van der Waals surface area contributed by atoms with Gasteiger partial charge in [0.1, 0.15) is 23.0 Å². The van der Waals surface area contributed by atoms with E-state index in [0.717, 1.165) is 71.4 Å². The van der Waals surface area contributed by atoms with Gasteiger partial charge in [0, 0.05) is 48.3 Å².